The first kappa shape index (κ1) is 15.0. The third-order valence-electron chi connectivity index (χ3n) is 3.63. The summed E-state index contributed by atoms with van der Waals surface area (Å²) in [6.07, 6.45) is 7.76. The minimum atomic E-state index is -0.912. The first-order valence-electron chi connectivity index (χ1n) is 7.09. The van der Waals surface area contributed by atoms with E-state index in [-0.39, 0.29) is 12.3 Å². The SMILES string of the molecule is O=C(O)Cc1csc(NC(=O)CCC2CCCCC2)n1. The predicted octanol–water partition coefficient (Wildman–Crippen LogP) is 3.07. The van der Waals surface area contributed by atoms with E-state index in [1.165, 1.54) is 43.4 Å². The molecule has 0 radical (unpaired) electrons. The lowest BCUT2D eigenvalue weighted by Crippen LogP contribution is -2.14. The Balaban J connectivity index is 1.73. The van der Waals surface area contributed by atoms with E-state index >= 15 is 0 Å². The summed E-state index contributed by atoms with van der Waals surface area (Å²) in [6.45, 7) is 0. The van der Waals surface area contributed by atoms with Crippen molar-refractivity contribution in [3.05, 3.63) is 11.1 Å². The van der Waals surface area contributed by atoms with Crippen molar-refractivity contribution in [1.82, 2.24) is 4.98 Å². The normalized spacial score (nSPS) is 16.0. The zero-order valence-corrected chi connectivity index (χ0v) is 12.2. The molecule has 0 aliphatic heterocycles. The maximum atomic E-state index is 11.8. The molecule has 0 bridgehead atoms. The third-order valence-corrected chi connectivity index (χ3v) is 4.44. The van der Waals surface area contributed by atoms with Gasteiger partial charge in [-0.1, -0.05) is 32.1 Å². The van der Waals surface area contributed by atoms with E-state index in [0.717, 1.165) is 6.42 Å². The summed E-state index contributed by atoms with van der Waals surface area (Å²) < 4.78 is 0. The fourth-order valence-corrected chi connectivity index (χ4v) is 3.32. The molecule has 1 heterocycles. The molecule has 0 aromatic carbocycles. The van der Waals surface area contributed by atoms with Crippen LogP contribution in [0.4, 0.5) is 5.13 Å². The molecular formula is C14H20N2O3S. The molecule has 6 heteroatoms. The molecule has 110 valence electrons. The van der Waals surface area contributed by atoms with Gasteiger partial charge in [0.05, 0.1) is 12.1 Å². The molecule has 20 heavy (non-hydrogen) atoms. The van der Waals surface area contributed by atoms with Gasteiger partial charge in [0.1, 0.15) is 0 Å². The number of aliphatic carboxylic acids is 1. The van der Waals surface area contributed by atoms with Crippen LogP contribution in [0, 0.1) is 5.92 Å². The summed E-state index contributed by atoms with van der Waals surface area (Å²) in [4.78, 5) is 26.5. The van der Waals surface area contributed by atoms with Crippen LogP contribution in [0.15, 0.2) is 5.38 Å². The van der Waals surface area contributed by atoms with Gasteiger partial charge in [-0.25, -0.2) is 4.98 Å². The highest BCUT2D eigenvalue weighted by Crippen LogP contribution is 2.27. The minimum Gasteiger partial charge on any atom is -0.481 e. The van der Waals surface area contributed by atoms with Crippen molar-refractivity contribution in [3.63, 3.8) is 0 Å². The van der Waals surface area contributed by atoms with Crippen molar-refractivity contribution < 1.29 is 14.7 Å². The number of thiazole rings is 1. The second-order valence-electron chi connectivity index (χ2n) is 5.31. The Bertz CT molecular complexity index is 467. The number of carbonyl (C=O) groups is 2. The molecule has 1 aromatic rings. The monoisotopic (exact) mass is 296 g/mol. The molecule has 2 N–H and O–H groups in total. The average Bonchev–Trinajstić information content (AvgIpc) is 2.84. The van der Waals surface area contributed by atoms with Crippen molar-refractivity contribution in [2.24, 2.45) is 5.92 Å². The van der Waals surface area contributed by atoms with E-state index in [2.05, 4.69) is 10.3 Å². The molecule has 1 aliphatic carbocycles. The van der Waals surface area contributed by atoms with Gasteiger partial charge in [-0.3, -0.25) is 9.59 Å². The van der Waals surface area contributed by atoms with Crippen LogP contribution < -0.4 is 5.32 Å². The third kappa shape index (κ3) is 4.92. The summed E-state index contributed by atoms with van der Waals surface area (Å²) in [6, 6.07) is 0. The van der Waals surface area contributed by atoms with E-state index < -0.39 is 5.97 Å². The highest BCUT2D eigenvalue weighted by Gasteiger charge is 2.15. The molecule has 0 saturated heterocycles. The molecule has 1 saturated carbocycles. The number of hydrogen-bond acceptors (Lipinski definition) is 4. The quantitative estimate of drug-likeness (QED) is 0.845. The number of nitrogens with one attached hydrogen (secondary N) is 1. The van der Waals surface area contributed by atoms with Crippen LogP contribution in [0.3, 0.4) is 0 Å². The highest BCUT2D eigenvalue weighted by atomic mass is 32.1. The van der Waals surface area contributed by atoms with E-state index in [1.807, 2.05) is 0 Å². The lowest BCUT2D eigenvalue weighted by molar-refractivity contribution is -0.136. The molecule has 0 atom stereocenters. The lowest BCUT2D eigenvalue weighted by Gasteiger charge is -2.20. The van der Waals surface area contributed by atoms with E-state index in [4.69, 9.17) is 5.11 Å². The zero-order valence-electron chi connectivity index (χ0n) is 11.4. The molecule has 1 aromatic heterocycles. The summed E-state index contributed by atoms with van der Waals surface area (Å²) >= 11 is 1.27. The first-order chi connectivity index (χ1) is 9.63. The first-order valence-corrected chi connectivity index (χ1v) is 7.97. The number of aromatic nitrogens is 1. The standard InChI is InChI=1S/C14H20N2O3S/c17-12(7-6-10-4-2-1-3-5-10)16-14-15-11(9-20-14)8-13(18)19/h9-10H,1-8H2,(H,18,19)(H,15,16,17). The summed E-state index contributed by atoms with van der Waals surface area (Å²) in [5.41, 5.74) is 0.491. The van der Waals surface area contributed by atoms with Gasteiger partial charge in [-0.2, -0.15) is 0 Å². The van der Waals surface area contributed by atoms with Crippen molar-refractivity contribution in [2.45, 2.75) is 51.4 Å². The smallest absolute Gasteiger partial charge is 0.309 e. The second kappa shape index (κ2) is 7.38. The van der Waals surface area contributed by atoms with Gasteiger partial charge in [0, 0.05) is 11.8 Å². The van der Waals surface area contributed by atoms with Gasteiger partial charge in [0.2, 0.25) is 5.91 Å². The second-order valence-corrected chi connectivity index (χ2v) is 6.16. The fraction of sp³-hybridized carbons (Fsp3) is 0.643. The van der Waals surface area contributed by atoms with Crippen LogP contribution in [0.5, 0.6) is 0 Å². The van der Waals surface area contributed by atoms with Gasteiger partial charge in [-0.15, -0.1) is 11.3 Å². The number of carboxylic acids is 1. The molecule has 5 nitrogen and oxygen atoms in total. The maximum absolute atomic E-state index is 11.8. The highest BCUT2D eigenvalue weighted by molar-refractivity contribution is 7.13. The van der Waals surface area contributed by atoms with Crippen LogP contribution in [0.25, 0.3) is 0 Å². The average molecular weight is 296 g/mol. The van der Waals surface area contributed by atoms with Gasteiger partial charge in [-0.05, 0) is 12.3 Å². The lowest BCUT2D eigenvalue weighted by atomic mass is 9.86. The Morgan fingerprint density at radius 2 is 2.10 bits per heavy atom. The minimum absolute atomic E-state index is 0.0215. The fourth-order valence-electron chi connectivity index (χ4n) is 2.59. The molecule has 1 aliphatic rings. The summed E-state index contributed by atoms with van der Waals surface area (Å²) in [5.74, 6) is -0.245. The number of amides is 1. The molecule has 1 fully saturated rings. The Morgan fingerprint density at radius 3 is 2.80 bits per heavy atom. The topological polar surface area (TPSA) is 79.3 Å². The molecule has 0 spiro atoms. The van der Waals surface area contributed by atoms with Crippen LogP contribution in [-0.2, 0) is 16.0 Å². The van der Waals surface area contributed by atoms with Gasteiger partial charge in [0.25, 0.3) is 0 Å². The number of hydrogen-bond donors (Lipinski definition) is 2. The Labute approximate surface area is 122 Å². The number of rotatable bonds is 6. The van der Waals surface area contributed by atoms with Crippen LogP contribution in [-0.4, -0.2) is 22.0 Å². The molecule has 0 unspecified atom stereocenters. The molecule has 2 rings (SSSR count). The van der Waals surface area contributed by atoms with Crippen LogP contribution in [0.1, 0.15) is 50.6 Å². The summed E-state index contributed by atoms with van der Waals surface area (Å²) in [5, 5.41) is 13.6. The van der Waals surface area contributed by atoms with Crippen molar-refractivity contribution >= 4 is 28.3 Å². The number of anilines is 1. The number of carbonyl (C=O) groups excluding carboxylic acids is 1. The van der Waals surface area contributed by atoms with Crippen LogP contribution >= 0.6 is 11.3 Å². The van der Waals surface area contributed by atoms with E-state index in [9.17, 15) is 9.59 Å². The largest absolute Gasteiger partial charge is 0.481 e. The number of carboxylic acid groups (broad SMARTS) is 1. The summed E-state index contributed by atoms with van der Waals surface area (Å²) in [7, 11) is 0. The van der Waals surface area contributed by atoms with Crippen molar-refractivity contribution in [3.8, 4) is 0 Å². The zero-order chi connectivity index (χ0) is 14.4. The van der Waals surface area contributed by atoms with E-state index in [1.54, 1.807) is 5.38 Å². The van der Waals surface area contributed by atoms with Crippen molar-refractivity contribution in [1.29, 1.82) is 0 Å². The molecular weight excluding hydrogens is 276 g/mol. The molecule has 1 amide bonds. The van der Waals surface area contributed by atoms with Gasteiger partial charge < -0.3 is 10.4 Å². The van der Waals surface area contributed by atoms with Gasteiger partial charge in [0.15, 0.2) is 5.13 Å². The Morgan fingerprint density at radius 1 is 1.35 bits per heavy atom. The number of nitrogens with zero attached hydrogens (tertiary/aromatic N) is 1. The van der Waals surface area contributed by atoms with Crippen LogP contribution in [0.2, 0.25) is 0 Å². The Hall–Kier alpha value is -1.43. The van der Waals surface area contributed by atoms with E-state index in [0.29, 0.717) is 23.2 Å². The van der Waals surface area contributed by atoms with Crippen molar-refractivity contribution in [2.75, 3.05) is 5.32 Å². The predicted molar refractivity (Wildman–Crippen MR) is 77.9 cm³/mol. The maximum Gasteiger partial charge on any atom is 0.309 e. The Kier molecular flexibility index (Phi) is 5.52. The van der Waals surface area contributed by atoms with Gasteiger partial charge >= 0.3 is 5.97 Å².